The molecule has 1 saturated carbocycles. The molecule has 0 amide bonds. The molecule has 116 valence electrons. The van der Waals surface area contributed by atoms with Crippen LogP contribution < -0.4 is 0 Å². The van der Waals surface area contributed by atoms with Crippen LogP contribution in [0.15, 0.2) is 28.7 Å². The number of ether oxygens (including phenoxy) is 1. The standard InChI is InChI=1S/C17H21N3O2/c1-12-18-19-17(22-12)16-11-20(8-9-21-16)10-14-4-2-3-5-15(14)13-6-7-13/h2-5,13,16H,6-11H2,1H3. The highest BCUT2D eigenvalue weighted by Gasteiger charge is 2.29. The van der Waals surface area contributed by atoms with Crippen molar-refractivity contribution in [2.45, 2.75) is 38.3 Å². The zero-order chi connectivity index (χ0) is 14.9. The van der Waals surface area contributed by atoms with Crippen molar-refractivity contribution in [1.29, 1.82) is 0 Å². The van der Waals surface area contributed by atoms with E-state index < -0.39 is 0 Å². The first-order valence-corrected chi connectivity index (χ1v) is 8.01. The summed E-state index contributed by atoms with van der Waals surface area (Å²) in [5.41, 5.74) is 2.98. The van der Waals surface area contributed by atoms with Gasteiger partial charge in [-0.1, -0.05) is 24.3 Å². The Hall–Kier alpha value is -1.72. The first kappa shape index (κ1) is 13.9. The largest absolute Gasteiger partial charge is 0.423 e. The van der Waals surface area contributed by atoms with E-state index in [4.69, 9.17) is 9.15 Å². The Kier molecular flexibility index (Phi) is 3.68. The fraction of sp³-hybridized carbons (Fsp3) is 0.529. The lowest BCUT2D eigenvalue weighted by atomic mass is 10.0. The maximum atomic E-state index is 5.80. The molecule has 4 rings (SSSR count). The molecule has 5 nitrogen and oxygen atoms in total. The predicted molar refractivity (Wildman–Crippen MR) is 81.4 cm³/mol. The van der Waals surface area contributed by atoms with Gasteiger partial charge in [0.25, 0.3) is 0 Å². The number of rotatable bonds is 4. The van der Waals surface area contributed by atoms with E-state index in [0.29, 0.717) is 18.4 Å². The molecule has 2 aromatic rings. The zero-order valence-electron chi connectivity index (χ0n) is 12.9. The predicted octanol–water partition coefficient (Wildman–Crippen LogP) is 2.83. The molecule has 1 aliphatic heterocycles. The van der Waals surface area contributed by atoms with Gasteiger partial charge in [-0.15, -0.1) is 10.2 Å². The van der Waals surface area contributed by atoms with Crippen molar-refractivity contribution in [3.05, 3.63) is 47.2 Å². The Morgan fingerprint density at radius 3 is 2.86 bits per heavy atom. The van der Waals surface area contributed by atoms with Gasteiger partial charge in [0.15, 0.2) is 0 Å². The fourth-order valence-corrected chi connectivity index (χ4v) is 3.15. The van der Waals surface area contributed by atoms with Crippen molar-refractivity contribution in [1.82, 2.24) is 15.1 Å². The Bertz CT molecular complexity index is 651. The third-order valence-corrected chi connectivity index (χ3v) is 4.43. The molecule has 1 atom stereocenters. The second-order valence-electron chi connectivity index (χ2n) is 6.23. The molecule has 2 fully saturated rings. The van der Waals surface area contributed by atoms with Crippen molar-refractivity contribution < 1.29 is 9.15 Å². The highest BCUT2D eigenvalue weighted by atomic mass is 16.5. The number of aromatic nitrogens is 2. The molecule has 0 radical (unpaired) electrons. The molecule has 0 bridgehead atoms. The van der Waals surface area contributed by atoms with E-state index in [-0.39, 0.29) is 6.10 Å². The van der Waals surface area contributed by atoms with Crippen LogP contribution in [0.2, 0.25) is 0 Å². The van der Waals surface area contributed by atoms with E-state index in [1.165, 1.54) is 24.0 Å². The van der Waals surface area contributed by atoms with Gasteiger partial charge in [-0.2, -0.15) is 0 Å². The SMILES string of the molecule is Cc1nnc(C2CN(Cc3ccccc3C3CC3)CCO2)o1. The third-order valence-electron chi connectivity index (χ3n) is 4.43. The number of aryl methyl sites for hydroxylation is 1. The average Bonchev–Trinajstić information content (AvgIpc) is 3.29. The van der Waals surface area contributed by atoms with Crippen LogP contribution in [0, 0.1) is 6.92 Å². The van der Waals surface area contributed by atoms with Crippen LogP contribution >= 0.6 is 0 Å². The molecular formula is C17H21N3O2. The minimum Gasteiger partial charge on any atom is -0.423 e. The molecule has 1 aliphatic carbocycles. The average molecular weight is 299 g/mol. The van der Waals surface area contributed by atoms with Gasteiger partial charge >= 0.3 is 0 Å². The summed E-state index contributed by atoms with van der Waals surface area (Å²) in [6, 6.07) is 8.84. The van der Waals surface area contributed by atoms with Gasteiger partial charge in [0, 0.05) is 26.6 Å². The maximum Gasteiger partial charge on any atom is 0.246 e. The van der Waals surface area contributed by atoms with E-state index in [2.05, 4.69) is 39.4 Å². The van der Waals surface area contributed by atoms with E-state index in [0.717, 1.165) is 25.6 Å². The minimum absolute atomic E-state index is 0.108. The van der Waals surface area contributed by atoms with E-state index in [1.807, 2.05) is 6.92 Å². The molecule has 1 unspecified atom stereocenters. The number of morpholine rings is 1. The van der Waals surface area contributed by atoms with Crippen LogP contribution in [0.3, 0.4) is 0 Å². The highest BCUT2D eigenvalue weighted by Crippen LogP contribution is 2.42. The maximum absolute atomic E-state index is 5.80. The number of hydrogen-bond acceptors (Lipinski definition) is 5. The monoisotopic (exact) mass is 299 g/mol. The Labute approximate surface area is 130 Å². The van der Waals surface area contributed by atoms with Crippen molar-refractivity contribution in [3.63, 3.8) is 0 Å². The molecule has 22 heavy (non-hydrogen) atoms. The Balaban J connectivity index is 1.47. The second-order valence-corrected chi connectivity index (χ2v) is 6.23. The summed E-state index contributed by atoms with van der Waals surface area (Å²) >= 11 is 0. The van der Waals surface area contributed by atoms with Gasteiger partial charge in [0.1, 0.15) is 6.10 Å². The van der Waals surface area contributed by atoms with Gasteiger partial charge < -0.3 is 9.15 Å². The lowest BCUT2D eigenvalue weighted by Gasteiger charge is -2.31. The lowest BCUT2D eigenvalue weighted by molar-refractivity contribution is -0.0457. The van der Waals surface area contributed by atoms with Crippen LogP contribution in [-0.4, -0.2) is 34.8 Å². The van der Waals surface area contributed by atoms with Crippen molar-refractivity contribution in [2.24, 2.45) is 0 Å². The normalized spacial score (nSPS) is 22.9. The fourth-order valence-electron chi connectivity index (χ4n) is 3.15. The quantitative estimate of drug-likeness (QED) is 0.869. The van der Waals surface area contributed by atoms with Gasteiger partial charge in [0.2, 0.25) is 11.8 Å². The summed E-state index contributed by atoms with van der Waals surface area (Å²) in [6.07, 6.45) is 2.57. The summed E-state index contributed by atoms with van der Waals surface area (Å²) in [5.74, 6) is 1.97. The topological polar surface area (TPSA) is 51.4 Å². The smallest absolute Gasteiger partial charge is 0.246 e. The summed E-state index contributed by atoms with van der Waals surface area (Å²) < 4.78 is 11.3. The molecular weight excluding hydrogens is 278 g/mol. The Morgan fingerprint density at radius 1 is 1.23 bits per heavy atom. The molecule has 1 aromatic carbocycles. The molecule has 5 heteroatoms. The Morgan fingerprint density at radius 2 is 2.09 bits per heavy atom. The molecule has 0 N–H and O–H groups in total. The van der Waals surface area contributed by atoms with Gasteiger partial charge in [-0.25, -0.2) is 0 Å². The summed E-state index contributed by atoms with van der Waals surface area (Å²) in [5, 5.41) is 8.00. The number of benzene rings is 1. The molecule has 0 spiro atoms. The van der Waals surface area contributed by atoms with Crippen molar-refractivity contribution in [3.8, 4) is 0 Å². The third kappa shape index (κ3) is 2.91. The first-order chi connectivity index (χ1) is 10.8. The molecule has 2 aliphatic rings. The number of hydrogen-bond donors (Lipinski definition) is 0. The summed E-state index contributed by atoms with van der Waals surface area (Å²) in [6.45, 7) is 5.24. The van der Waals surface area contributed by atoms with Gasteiger partial charge in [-0.05, 0) is 29.9 Å². The zero-order valence-corrected chi connectivity index (χ0v) is 12.9. The lowest BCUT2D eigenvalue weighted by Crippen LogP contribution is -2.38. The highest BCUT2D eigenvalue weighted by molar-refractivity contribution is 5.33. The van der Waals surface area contributed by atoms with Crippen LogP contribution in [-0.2, 0) is 11.3 Å². The van der Waals surface area contributed by atoms with Crippen LogP contribution in [0.5, 0.6) is 0 Å². The van der Waals surface area contributed by atoms with Crippen LogP contribution in [0.25, 0.3) is 0 Å². The van der Waals surface area contributed by atoms with Gasteiger partial charge in [-0.3, -0.25) is 4.90 Å². The van der Waals surface area contributed by atoms with Crippen molar-refractivity contribution >= 4 is 0 Å². The van der Waals surface area contributed by atoms with E-state index in [9.17, 15) is 0 Å². The minimum atomic E-state index is -0.108. The van der Waals surface area contributed by atoms with Crippen molar-refractivity contribution in [2.75, 3.05) is 19.7 Å². The first-order valence-electron chi connectivity index (χ1n) is 8.01. The van der Waals surface area contributed by atoms with E-state index >= 15 is 0 Å². The number of nitrogens with zero attached hydrogens (tertiary/aromatic N) is 3. The van der Waals surface area contributed by atoms with Crippen LogP contribution in [0.1, 0.15) is 47.8 Å². The second kappa shape index (κ2) is 5.82. The molecule has 1 aromatic heterocycles. The van der Waals surface area contributed by atoms with Gasteiger partial charge in [0.05, 0.1) is 6.61 Å². The van der Waals surface area contributed by atoms with E-state index in [1.54, 1.807) is 0 Å². The van der Waals surface area contributed by atoms with Crippen LogP contribution in [0.4, 0.5) is 0 Å². The summed E-state index contributed by atoms with van der Waals surface area (Å²) in [4.78, 5) is 2.43. The summed E-state index contributed by atoms with van der Waals surface area (Å²) in [7, 11) is 0. The molecule has 2 heterocycles. The molecule has 1 saturated heterocycles.